The molecule has 0 radical (unpaired) electrons. The van der Waals surface area contributed by atoms with Crippen molar-refractivity contribution in [3.63, 3.8) is 0 Å². The molecule has 0 saturated heterocycles. The molecule has 30 heavy (non-hydrogen) atoms. The van der Waals surface area contributed by atoms with Gasteiger partial charge in [-0.2, -0.15) is 0 Å². The lowest BCUT2D eigenvalue weighted by Gasteiger charge is -2.07. The van der Waals surface area contributed by atoms with Gasteiger partial charge in [-0.1, -0.05) is 23.7 Å². The number of primary amides is 1. The summed E-state index contributed by atoms with van der Waals surface area (Å²) in [5, 5.41) is 5.10. The number of carbonyl (C=O) groups excluding carboxylic acids is 2. The number of methoxy groups -OCH3 is 1. The van der Waals surface area contributed by atoms with Crippen molar-refractivity contribution < 1.29 is 14.3 Å². The first-order chi connectivity index (χ1) is 14.5. The van der Waals surface area contributed by atoms with Crippen LogP contribution in [-0.2, 0) is 4.74 Å². The Hall–Kier alpha value is -3.35. The van der Waals surface area contributed by atoms with Crippen molar-refractivity contribution in [2.45, 2.75) is 0 Å². The number of carbonyl (C=O) groups is 2. The average molecular weight is 422 g/mol. The number of fused-ring (bicyclic) bond motifs is 3. The molecule has 0 aliphatic heterocycles. The normalized spacial score (nSPS) is 11.1. The van der Waals surface area contributed by atoms with Crippen LogP contribution in [0.3, 0.4) is 0 Å². The third kappa shape index (κ3) is 3.75. The number of aromatic nitrogens is 1. The average Bonchev–Trinajstić information content (AvgIpc) is 3.11. The standard InChI is InChI=1S/C23H20ClN3O3/c1-30-9-8-26-23(29)14-4-7-20-17(10-14)18-11-15(13-2-5-16(24)6-3-13)12-19(22(25)28)21(18)27-20/h2-7,10-12,27H,8-9H2,1H3,(H2,25,28)(H,26,29). The summed E-state index contributed by atoms with van der Waals surface area (Å²) in [7, 11) is 1.58. The van der Waals surface area contributed by atoms with Gasteiger partial charge >= 0.3 is 0 Å². The molecule has 152 valence electrons. The van der Waals surface area contributed by atoms with Crippen LogP contribution in [0.5, 0.6) is 0 Å². The van der Waals surface area contributed by atoms with Crippen molar-refractivity contribution in [2.75, 3.05) is 20.3 Å². The van der Waals surface area contributed by atoms with E-state index in [2.05, 4.69) is 10.3 Å². The fourth-order valence-electron chi connectivity index (χ4n) is 3.51. The van der Waals surface area contributed by atoms with E-state index in [9.17, 15) is 9.59 Å². The Kier molecular flexibility index (Phi) is 5.44. The number of amides is 2. The number of rotatable bonds is 6. The number of halogens is 1. The fourth-order valence-corrected chi connectivity index (χ4v) is 3.64. The quantitative estimate of drug-likeness (QED) is 0.408. The summed E-state index contributed by atoms with van der Waals surface area (Å²) in [6.07, 6.45) is 0. The minimum absolute atomic E-state index is 0.188. The van der Waals surface area contributed by atoms with E-state index in [1.807, 2.05) is 30.3 Å². The predicted molar refractivity (Wildman–Crippen MR) is 119 cm³/mol. The van der Waals surface area contributed by atoms with Gasteiger partial charge in [0.1, 0.15) is 0 Å². The molecular weight excluding hydrogens is 402 g/mol. The van der Waals surface area contributed by atoms with Crippen molar-refractivity contribution in [3.8, 4) is 11.1 Å². The van der Waals surface area contributed by atoms with Gasteiger partial charge < -0.3 is 20.8 Å². The van der Waals surface area contributed by atoms with E-state index in [4.69, 9.17) is 22.1 Å². The molecule has 7 heteroatoms. The van der Waals surface area contributed by atoms with Crippen LogP contribution < -0.4 is 11.1 Å². The van der Waals surface area contributed by atoms with E-state index in [1.165, 1.54) is 0 Å². The van der Waals surface area contributed by atoms with Crippen molar-refractivity contribution in [3.05, 3.63) is 70.7 Å². The number of hydrogen-bond donors (Lipinski definition) is 3. The minimum atomic E-state index is -0.528. The van der Waals surface area contributed by atoms with Gasteiger partial charge in [-0.25, -0.2) is 0 Å². The third-order valence-corrected chi connectivity index (χ3v) is 5.26. The minimum Gasteiger partial charge on any atom is -0.383 e. The molecule has 4 rings (SSSR count). The molecule has 0 spiro atoms. The van der Waals surface area contributed by atoms with Gasteiger partial charge in [-0.15, -0.1) is 0 Å². The molecule has 4 aromatic rings. The Morgan fingerprint density at radius 2 is 1.80 bits per heavy atom. The van der Waals surface area contributed by atoms with E-state index in [1.54, 1.807) is 31.4 Å². The number of benzene rings is 3. The molecule has 6 nitrogen and oxygen atoms in total. The Bertz CT molecular complexity index is 1260. The van der Waals surface area contributed by atoms with Crippen LogP contribution in [0.15, 0.2) is 54.6 Å². The second-order valence-electron chi connectivity index (χ2n) is 6.95. The summed E-state index contributed by atoms with van der Waals surface area (Å²) in [5.41, 5.74) is 9.78. The van der Waals surface area contributed by atoms with Crippen molar-refractivity contribution >= 4 is 45.2 Å². The molecule has 0 saturated carbocycles. The summed E-state index contributed by atoms with van der Waals surface area (Å²) < 4.78 is 4.97. The highest BCUT2D eigenvalue weighted by atomic mass is 35.5. The predicted octanol–water partition coefficient (Wildman–Crippen LogP) is 4.12. The van der Waals surface area contributed by atoms with Gasteiger partial charge in [0.05, 0.1) is 17.7 Å². The molecule has 0 aliphatic carbocycles. The molecule has 2 amide bonds. The monoisotopic (exact) mass is 421 g/mol. The first-order valence-electron chi connectivity index (χ1n) is 9.40. The largest absolute Gasteiger partial charge is 0.383 e. The van der Waals surface area contributed by atoms with Gasteiger partial charge in [0.25, 0.3) is 11.8 Å². The summed E-state index contributed by atoms with van der Waals surface area (Å²) >= 11 is 6.00. The maximum atomic E-state index is 12.5. The molecule has 0 bridgehead atoms. The second kappa shape index (κ2) is 8.18. The van der Waals surface area contributed by atoms with Crippen molar-refractivity contribution in [1.82, 2.24) is 10.3 Å². The van der Waals surface area contributed by atoms with Gasteiger partial charge in [-0.3, -0.25) is 9.59 Å². The van der Waals surface area contributed by atoms with E-state index in [0.717, 1.165) is 27.4 Å². The number of H-pyrrole nitrogens is 1. The second-order valence-corrected chi connectivity index (χ2v) is 7.39. The Morgan fingerprint density at radius 1 is 1.03 bits per heavy atom. The number of ether oxygens (including phenoxy) is 1. The summed E-state index contributed by atoms with van der Waals surface area (Å²) in [6, 6.07) is 16.5. The molecule has 0 unspecified atom stereocenters. The fraction of sp³-hybridized carbons (Fsp3) is 0.130. The number of aromatic amines is 1. The summed E-state index contributed by atoms with van der Waals surface area (Å²) in [5.74, 6) is -0.716. The molecule has 0 fully saturated rings. The van der Waals surface area contributed by atoms with Crippen molar-refractivity contribution in [1.29, 1.82) is 0 Å². The van der Waals surface area contributed by atoms with Crippen LogP contribution in [0.1, 0.15) is 20.7 Å². The van der Waals surface area contributed by atoms with Crippen LogP contribution in [-0.4, -0.2) is 37.1 Å². The Labute approximate surface area is 178 Å². The summed E-state index contributed by atoms with van der Waals surface area (Å²) in [4.78, 5) is 27.9. The lowest BCUT2D eigenvalue weighted by atomic mass is 9.98. The topological polar surface area (TPSA) is 97.2 Å². The molecule has 4 N–H and O–H groups in total. The molecular formula is C23H20ClN3O3. The molecule has 0 atom stereocenters. The van der Waals surface area contributed by atoms with Gasteiger partial charge in [-0.05, 0) is 53.6 Å². The van der Waals surface area contributed by atoms with Gasteiger partial charge in [0.15, 0.2) is 0 Å². The zero-order chi connectivity index (χ0) is 21.3. The lowest BCUT2D eigenvalue weighted by Crippen LogP contribution is -2.26. The number of nitrogens with two attached hydrogens (primary N) is 1. The van der Waals surface area contributed by atoms with Crippen LogP contribution in [0.2, 0.25) is 5.02 Å². The van der Waals surface area contributed by atoms with Crippen LogP contribution >= 0.6 is 11.6 Å². The zero-order valence-corrected chi connectivity index (χ0v) is 17.0. The molecule has 1 aromatic heterocycles. The van der Waals surface area contributed by atoms with Crippen LogP contribution in [0.4, 0.5) is 0 Å². The Morgan fingerprint density at radius 3 is 2.50 bits per heavy atom. The molecule has 1 heterocycles. The van der Waals surface area contributed by atoms with E-state index < -0.39 is 5.91 Å². The maximum absolute atomic E-state index is 12.5. The smallest absolute Gasteiger partial charge is 0.251 e. The highest BCUT2D eigenvalue weighted by Gasteiger charge is 2.16. The number of hydrogen-bond acceptors (Lipinski definition) is 3. The lowest BCUT2D eigenvalue weighted by molar-refractivity contribution is 0.0936. The van der Waals surface area contributed by atoms with E-state index >= 15 is 0 Å². The summed E-state index contributed by atoms with van der Waals surface area (Å²) in [6.45, 7) is 0.862. The van der Waals surface area contributed by atoms with E-state index in [0.29, 0.717) is 34.8 Å². The van der Waals surface area contributed by atoms with Gasteiger partial charge in [0.2, 0.25) is 0 Å². The molecule has 0 aliphatic rings. The highest BCUT2D eigenvalue weighted by molar-refractivity contribution is 6.30. The first-order valence-corrected chi connectivity index (χ1v) is 9.78. The Balaban J connectivity index is 1.87. The SMILES string of the molecule is COCCNC(=O)c1ccc2[nH]c3c(C(N)=O)cc(-c4ccc(Cl)cc4)cc3c2c1. The third-order valence-electron chi connectivity index (χ3n) is 5.00. The van der Waals surface area contributed by atoms with Gasteiger partial charge in [0, 0.05) is 40.5 Å². The number of nitrogens with one attached hydrogen (secondary N) is 2. The zero-order valence-electron chi connectivity index (χ0n) is 16.3. The highest BCUT2D eigenvalue weighted by Crippen LogP contribution is 2.33. The maximum Gasteiger partial charge on any atom is 0.251 e. The van der Waals surface area contributed by atoms with Crippen LogP contribution in [0.25, 0.3) is 32.9 Å². The van der Waals surface area contributed by atoms with E-state index in [-0.39, 0.29) is 5.91 Å². The first kappa shape index (κ1) is 19.9. The van der Waals surface area contributed by atoms with Crippen LogP contribution in [0, 0.1) is 0 Å². The molecule has 3 aromatic carbocycles. The van der Waals surface area contributed by atoms with Crippen molar-refractivity contribution in [2.24, 2.45) is 5.73 Å².